The molecule has 0 saturated carbocycles. The highest BCUT2D eigenvalue weighted by molar-refractivity contribution is 7.12. The van der Waals surface area contributed by atoms with E-state index in [9.17, 15) is 4.79 Å². The zero-order chi connectivity index (χ0) is 20.6. The molecule has 5 nitrogen and oxygen atoms in total. The third-order valence-electron chi connectivity index (χ3n) is 5.02. The molecule has 0 bridgehead atoms. The Labute approximate surface area is 177 Å². The van der Waals surface area contributed by atoms with Gasteiger partial charge in [-0.1, -0.05) is 38.1 Å². The van der Waals surface area contributed by atoms with Crippen molar-refractivity contribution in [2.24, 2.45) is 5.92 Å². The quantitative estimate of drug-likeness (QED) is 0.503. The van der Waals surface area contributed by atoms with E-state index in [-0.39, 0.29) is 17.8 Å². The van der Waals surface area contributed by atoms with Gasteiger partial charge in [0.15, 0.2) is 0 Å². The summed E-state index contributed by atoms with van der Waals surface area (Å²) in [4.78, 5) is 18.0. The van der Waals surface area contributed by atoms with Crippen LogP contribution in [0.1, 0.15) is 36.4 Å². The largest absolute Gasteiger partial charge is 0.362 e. The number of hydrogen-bond donors (Lipinski definition) is 2. The summed E-state index contributed by atoms with van der Waals surface area (Å²) in [7, 11) is 0. The summed E-state index contributed by atoms with van der Waals surface area (Å²) in [6, 6.07) is 13.6. The molecule has 6 heteroatoms. The van der Waals surface area contributed by atoms with Gasteiger partial charge >= 0.3 is 0 Å². The van der Waals surface area contributed by atoms with E-state index in [1.165, 1.54) is 11.3 Å². The third-order valence-corrected chi connectivity index (χ3v) is 5.88. The standard InChI is InChI=1S/C23H30N4OS/c1-18(2)17-26-14-11-20(12-15-26)27(23(28)21-9-6-16-29-21)22(24)10-13-25-19-7-4-3-5-8-19/h3-10,13,16,18,20,24-25H,11-12,14-15,17H2,1-2H3/b13-10-,24-22?. The number of amidine groups is 1. The predicted octanol–water partition coefficient (Wildman–Crippen LogP) is 4.91. The first-order valence-electron chi connectivity index (χ1n) is 10.2. The van der Waals surface area contributed by atoms with E-state index < -0.39 is 0 Å². The summed E-state index contributed by atoms with van der Waals surface area (Å²) in [5.41, 5.74) is 0.953. The van der Waals surface area contributed by atoms with Crippen LogP contribution in [0.4, 0.5) is 5.69 Å². The van der Waals surface area contributed by atoms with Gasteiger partial charge in [-0.2, -0.15) is 0 Å². The van der Waals surface area contributed by atoms with Crippen molar-refractivity contribution in [2.45, 2.75) is 32.7 Å². The van der Waals surface area contributed by atoms with Crippen LogP contribution < -0.4 is 5.32 Å². The number of benzene rings is 1. The molecule has 0 radical (unpaired) electrons. The molecule has 1 aromatic heterocycles. The van der Waals surface area contributed by atoms with E-state index >= 15 is 0 Å². The monoisotopic (exact) mass is 410 g/mol. The Morgan fingerprint density at radius 3 is 2.59 bits per heavy atom. The molecule has 1 aromatic carbocycles. The van der Waals surface area contributed by atoms with Gasteiger partial charge in [-0.3, -0.25) is 15.1 Å². The summed E-state index contributed by atoms with van der Waals surface area (Å²) in [6.07, 6.45) is 5.21. The number of carbonyl (C=O) groups is 1. The molecule has 29 heavy (non-hydrogen) atoms. The molecule has 1 aliphatic rings. The van der Waals surface area contributed by atoms with E-state index in [2.05, 4.69) is 24.1 Å². The molecule has 2 aromatic rings. The highest BCUT2D eigenvalue weighted by atomic mass is 32.1. The minimum Gasteiger partial charge on any atom is -0.362 e. The number of rotatable bonds is 7. The lowest BCUT2D eigenvalue weighted by atomic mass is 10.0. The zero-order valence-corrected chi connectivity index (χ0v) is 18.0. The predicted molar refractivity (Wildman–Crippen MR) is 122 cm³/mol. The fourth-order valence-corrected chi connectivity index (χ4v) is 4.36. The molecule has 1 fully saturated rings. The van der Waals surface area contributed by atoms with Crippen molar-refractivity contribution in [3.8, 4) is 0 Å². The average Bonchev–Trinajstić information content (AvgIpc) is 3.25. The van der Waals surface area contributed by atoms with Gasteiger partial charge in [-0.15, -0.1) is 11.3 Å². The fraction of sp³-hybridized carbons (Fsp3) is 0.391. The smallest absolute Gasteiger partial charge is 0.269 e. The zero-order valence-electron chi connectivity index (χ0n) is 17.2. The average molecular weight is 411 g/mol. The van der Waals surface area contributed by atoms with Gasteiger partial charge < -0.3 is 10.2 Å². The third kappa shape index (κ3) is 6.02. The van der Waals surface area contributed by atoms with Gasteiger partial charge in [0, 0.05) is 37.6 Å². The maximum Gasteiger partial charge on any atom is 0.269 e. The minimum atomic E-state index is -0.0725. The summed E-state index contributed by atoms with van der Waals surface area (Å²) in [5, 5.41) is 13.7. The van der Waals surface area contributed by atoms with Gasteiger partial charge in [0.1, 0.15) is 5.84 Å². The van der Waals surface area contributed by atoms with Crippen LogP contribution in [0.25, 0.3) is 0 Å². The van der Waals surface area contributed by atoms with E-state index in [0.717, 1.165) is 38.2 Å². The first-order chi connectivity index (χ1) is 14.0. The molecule has 2 N–H and O–H groups in total. The lowest BCUT2D eigenvalue weighted by Gasteiger charge is -2.38. The molecule has 0 spiro atoms. The number of carbonyl (C=O) groups excluding carboxylic acids is 1. The molecular weight excluding hydrogens is 380 g/mol. The Morgan fingerprint density at radius 2 is 1.97 bits per heavy atom. The second kappa shape index (κ2) is 10.4. The van der Waals surface area contributed by atoms with Gasteiger partial charge in [-0.05, 0) is 48.4 Å². The molecule has 2 heterocycles. The molecule has 154 valence electrons. The number of piperidine rings is 1. The number of anilines is 1. The van der Waals surface area contributed by atoms with Crippen molar-refractivity contribution in [1.82, 2.24) is 9.80 Å². The number of para-hydroxylation sites is 1. The van der Waals surface area contributed by atoms with Crippen molar-refractivity contribution in [3.63, 3.8) is 0 Å². The van der Waals surface area contributed by atoms with Crippen LogP contribution in [0.15, 0.2) is 60.1 Å². The Bertz CT molecular complexity index is 809. The first kappa shape index (κ1) is 21.3. The SMILES string of the molecule is CC(C)CN1CCC(N(C(=N)/C=C\Nc2ccccc2)C(=O)c2cccs2)CC1. The second-order valence-corrected chi connectivity index (χ2v) is 8.75. The van der Waals surface area contributed by atoms with Crippen LogP contribution in [-0.2, 0) is 0 Å². The number of amides is 1. The molecule has 0 atom stereocenters. The van der Waals surface area contributed by atoms with Crippen LogP contribution >= 0.6 is 11.3 Å². The van der Waals surface area contributed by atoms with Crippen LogP contribution in [-0.4, -0.2) is 47.2 Å². The van der Waals surface area contributed by atoms with Gasteiger partial charge in [0.2, 0.25) is 0 Å². The number of thiophene rings is 1. The highest BCUT2D eigenvalue weighted by Crippen LogP contribution is 2.22. The van der Waals surface area contributed by atoms with E-state index in [0.29, 0.717) is 10.8 Å². The lowest BCUT2D eigenvalue weighted by Crippen LogP contribution is -2.49. The fourth-order valence-electron chi connectivity index (χ4n) is 3.70. The van der Waals surface area contributed by atoms with Crippen LogP contribution in [0.5, 0.6) is 0 Å². The van der Waals surface area contributed by atoms with Crippen LogP contribution in [0, 0.1) is 11.3 Å². The normalized spacial score (nSPS) is 15.7. The number of nitrogens with zero attached hydrogens (tertiary/aromatic N) is 2. The van der Waals surface area contributed by atoms with Crippen molar-refractivity contribution in [2.75, 3.05) is 25.0 Å². The minimum absolute atomic E-state index is 0.0573. The lowest BCUT2D eigenvalue weighted by molar-refractivity contribution is 0.0731. The van der Waals surface area contributed by atoms with Crippen LogP contribution in [0.2, 0.25) is 0 Å². The maximum absolute atomic E-state index is 13.2. The van der Waals surface area contributed by atoms with Gasteiger partial charge in [-0.25, -0.2) is 0 Å². The molecule has 0 unspecified atom stereocenters. The second-order valence-electron chi connectivity index (χ2n) is 7.81. The Kier molecular flexibility index (Phi) is 7.61. The Morgan fingerprint density at radius 1 is 1.24 bits per heavy atom. The molecule has 3 rings (SSSR count). The van der Waals surface area contributed by atoms with Gasteiger partial charge in [0.05, 0.1) is 4.88 Å². The Hall–Kier alpha value is -2.44. The molecule has 1 saturated heterocycles. The Balaban J connectivity index is 1.69. The number of nitrogens with one attached hydrogen (secondary N) is 2. The number of likely N-dealkylation sites (tertiary alicyclic amines) is 1. The van der Waals surface area contributed by atoms with Gasteiger partial charge in [0.25, 0.3) is 5.91 Å². The summed E-state index contributed by atoms with van der Waals surface area (Å²) in [6.45, 7) is 7.49. The summed E-state index contributed by atoms with van der Waals surface area (Å²) < 4.78 is 0. The number of hydrogen-bond acceptors (Lipinski definition) is 5. The summed E-state index contributed by atoms with van der Waals surface area (Å²) in [5.74, 6) is 0.798. The van der Waals surface area contributed by atoms with Crippen LogP contribution in [0.3, 0.4) is 0 Å². The summed E-state index contributed by atoms with van der Waals surface area (Å²) >= 11 is 1.43. The van der Waals surface area contributed by atoms with E-state index in [1.807, 2.05) is 47.8 Å². The molecular formula is C23H30N4OS. The van der Waals surface area contributed by atoms with E-state index in [1.54, 1.807) is 17.2 Å². The molecule has 0 aliphatic carbocycles. The maximum atomic E-state index is 13.2. The van der Waals surface area contributed by atoms with Crippen molar-refractivity contribution in [3.05, 3.63) is 65.0 Å². The molecule has 1 aliphatic heterocycles. The first-order valence-corrected chi connectivity index (χ1v) is 11.1. The van der Waals surface area contributed by atoms with Crippen molar-refractivity contribution in [1.29, 1.82) is 5.41 Å². The molecule has 1 amide bonds. The van der Waals surface area contributed by atoms with E-state index in [4.69, 9.17) is 5.41 Å². The van der Waals surface area contributed by atoms with Crippen molar-refractivity contribution >= 4 is 28.8 Å². The highest BCUT2D eigenvalue weighted by Gasteiger charge is 2.31. The van der Waals surface area contributed by atoms with Crippen molar-refractivity contribution < 1.29 is 4.79 Å². The topological polar surface area (TPSA) is 59.4 Å².